The van der Waals surface area contributed by atoms with Gasteiger partial charge in [-0.05, 0) is 62.2 Å². The maximum Gasteiger partial charge on any atom is 0.260 e. The fourth-order valence-electron chi connectivity index (χ4n) is 3.71. The lowest BCUT2D eigenvalue weighted by atomic mass is 10.1. The van der Waals surface area contributed by atoms with E-state index in [-0.39, 0.29) is 11.2 Å². The number of pyridine rings is 1. The maximum absolute atomic E-state index is 12.5. The molecule has 0 aliphatic carbocycles. The van der Waals surface area contributed by atoms with Crippen LogP contribution in [0.25, 0.3) is 11.3 Å². The van der Waals surface area contributed by atoms with E-state index in [2.05, 4.69) is 19.6 Å². The number of aromatic nitrogens is 3. The van der Waals surface area contributed by atoms with Crippen molar-refractivity contribution in [2.45, 2.75) is 30.5 Å². The maximum atomic E-state index is 12.5. The van der Waals surface area contributed by atoms with Crippen molar-refractivity contribution in [2.75, 3.05) is 19.7 Å². The number of hydrogen-bond acceptors (Lipinski definition) is 6. The predicted molar refractivity (Wildman–Crippen MR) is 118 cm³/mol. The molecule has 9 heteroatoms. The van der Waals surface area contributed by atoms with Crippen LogP contribution in [0.15, 0.2) is 66.2 Å². The van der Waals surface area contributed by atoms with Crippen LogP contribution in [0.5, 0.6) is 5.75 Å². The third-order valence-electron chi connectivity index (χ3n) is 5.28. The van der Waals surface area contributed by atoms with Gasteiger partial charge in [0, 0.05) is 31.5 Å². The molecular formula is C22H27N5O3S. The smallest absolute Gasteiger partial charge is 0.260 e. The Labute approximate surface area is 183 Å². The monoisotopic (exact) mass is 441 g/mol. The Morgan fingerprint density at radius 2 is 2.00 bits per heavy atom. The van der Waals surface area contributed by atoms with E-state index >= 15 is 0 Å². The SMILES string of the molecule is Cn1cnc(S(=O)(=O)NC2CCCN2CCCOc2ccc(-c3ccccn3)cc2)c1. The average Bonchev–Trinajstić information content (AvgIpc) is 3.41. The van der Waals surface area contributed by atoms with Gasteiger partial charge in [0.05, 0.1) is 24.8 Å². The van der Waals surface area contributed by atoms with Gasteiger partial charge < -0.3 is 9.30 Å². The second-order valence-electron chi connectivity index (χ2n) is 7.63. The first-order valence-corrected chi connectivity index (χ1v) is 11.9. The standard InChI is InChI=1S/C22H27N5O3S/c1-26-16-22(24-17-26)31(28,29)25-21-7-4-13-27(21)14-5-15-30-19-10-8-18(9-11-19)20-6-2-3-12-23-20/h2-3,6,8-12,16-17,21,25H,4-5,7,13-15H2,1H3. The molecular weight excluding hydrogens is 414 g/mol. The molecule has 1 N–H and O–H groups in total. The number of benzene rings is 1. The summed E-state index contributed by atoms with van der Waals surface area (Å²) in [5, 5.41) is 0.0549. The minimum absolute atomic E-state index is 0.0549. The molecule has 1 aliphatic heterocycles. The summed E-state index contributed by atoms with van der Waals surface area (Å²) >= 11 is 0. The van der Waals surface area contributed by atoms with E-state index in [0.717, 1.165) is 49.4 Å². The number of nitrogens with one attached hydrogen (secondary N) is 1. The number of sulfonamides is 1. The molecule has 3 aromatic rings. The normalized spacial score (nSPS) is 17.1. The Morgan fingerprint density at radius 1 is 1.16 bits per heavy atom. The van der Waals surface area contributed by atoms with Crippen molar-refractivity contribution in [2.24, 2.45) is 7.05 Å². The first kappa shape index (κ1) is 21.5. The first-order chi connectivity index (χ1) is 15.0. The summed E-state index contributed by atoms with van der Waals surface area (Å²) in [6, 6.07) is 13.7. The molecule has 8 nitrogen and oxygen atoms in total. The van der Waals surface area contributed by atoms with Gasteiger partial charge in [-0.1, -0.05) is 6.07 Å². The minimum atomic E-state index is -3.62. The summed E-state index contributed by atoms with van der Waals surface area (Å²) in [4.78, 5) is 10.5. The molecule has 0 amide bonds. The highest BCUT2D eigenvalue weighted by Crippen LogP contribution is 2.21. The molecule has 164 valence electrons. The van der Waals surface area contributed by atoms with Crippen LogP contribution in [-0.4, -0.2) is 53.7 Å². The number of aryl methyl sites for hydroxylation is 1. The average molecular weight is 442 g/mol. The Kier molecular flexibility index (Phi) is 6.64. The lowest BCUT2D eigenvalue weighted by Gasteiger charge is -2.24. The Balaban J connectivity index is 1.24. The van der Waals surface area contributed by atoms with Gasteiger partial charge in [-0.15, -0.1) is 0 Å². The van der Waals surface area contributed by atoms with Crippen molar-refractivity contribution in [3.8, 4) is 17.0 Å². The molecule has 0 bridgehead atoms. The fourth-order valence-corrected chi connectivity index (χ4v) is 4.94. The van der Waals surface area contributed by atoms with E-state index in [1.165, 1.54) is 12.5 Å². The number of ether oxygens (including phenoxy) is 1. The molecule has 2 aromatic heterocycles. The zero-order chi connectivity index (χ0) is 21.7. The van der Waals surface area contributed by atoms with E-state index in [0.29, 0.717) is 6.61 Å². The van der Waals surface area contributed by atoms with Crippen molar-refractivity contribution < 1.29 is 13.2 Å². The van der Waals surface area contributed by atoms with Crippen LogP contribution in [0.2, 0.25) is 0 Å². The number of nitrogens with zero attached hydrogens (tertiary/aromatic N) is 4. The number of imidazole rings is 1. The molecule has 0 saturated carbocycles. The summed E-state index contributed by atoms with van der Waals surface area (Å²) in [5.74, 6) is 0.813. The Morgan fingerprint density at radius 3 is 2.71 bits per heavy atom. The van der Waals surface area contributed by atoms with Crippen molar-refractivity contribution in [3.63, 3.8) is 0 Å². The quantitative estimate of drug-likeness (QED) is 0.514. The molecule has 1 atom stereocenters. The van der Waals surface area contributed by atoms with E-state index in [1.807, 2.05) is 42.5 Å². The number of hydrogen-bond donors (Lipinski definition) is 1. The third kappa shape index (κ3) is 5.49. The van der Waals surface area contributed by atoms with E-state index in [9.17, 15) is 8.42 Å². The van der Waals surface area contributed by atoms with Crippen LogP contribution >= 0.6 is 0 Å². The molecule has 1 aliphatic rings. The van der Waals surface area contributed by atoms with Gasteiger partial charge in [0.2, 0.25) is 0 Å². The summed E-state index contributed by atoms with van der Waals surface area (Å²) in [5.41, 5.74) is 1.98. The largest absolute Gasteiger partial charge is 0.494 e. The minimum Gasteiger partial charge on any atom is -0.494 e. The molecule has 4 rings (SSSR count). The molecule has 1 fully saturated rings. The topological polar surface area (TPSA) is 89.4 Å². The van der Waals surface area contributed by atoms with Crippen LogP contribution in [0.4, 0.5) is 0 Å². The predicted octanol–water partition coefficient (Wildman–Crippen LogP) is 2.65. The van der Waals surface area contributed by atoms with Gasteiger partial charge in [0.25, 0.3) is 10.0 Å². The molecule has 31 heavy (non-hydrogen) atoms. The molecule has 1 unspecified atom stereocenters. The third-order valence-corrected chi connectivity index (χ3v) is 6.63. The van der Waals surface area contributed by atoms with Crippen LogP contribution < -0.4 is 9.46 Å². The highest BCUT2D eigenvalue weighted by molar-refractivity contribution is 7.89. The summed E-state index contributed by atoms with van der Waals surface area (Å²) in [6.45, 7) is 2.20. The van der Waals surface area contributed by atoms with Crippen LogP contribution in [0.3, 0.4) is 0 Å². The van der Waals surface area contributed by atoms with E-state index < -0.39 is 10.0 Å². The van der Waals surface area contributed by atoms with Gasteiger partial charge in [-0.3, -0.25) is 9.88 Å². The van der Waals surface area contributed by atoms with E-state index in [1.54, 1.807) is 17.8 Å². The molecule has 3 heterocycles. The summed E-state index contributed by atoms with van der Waals surface area (Å²) in [6.07, 6.45) is 7.14. The van der Waals surface area contributed by atoms with Gasteiger partial charge >= 0.3 is 0 Å². The van der Waals surface area contributed by atoms with Crippen LogP contribution in [0.1, 0.15) is 19.3 Å². The van der Waals surface area contributed by atoms with Crippen LogP contribution in [-0.2, 0) is 17.1 Å². The molecule has 0 radical (unpaired) electrons. The van der Waals surface area contributed by atoms with E-state index in [4.69, 9.17) is 4.74 Å². The molecule has 1 saturated heterocycles. The molecule has 0 spiro atoms. The van der Waals surface area contributed by atoms with Gasteiger partial charge in [-0.2, -0.15) is 4.72 Å². The second kappa shape index (κ2) is 9.59. The van der Waals surface area contributed by atoms with Gasteiger partial charge in [0.15, 0.2) is 5.03 Å². The van der Waals surface area contributed by atoms with Crippen molar-refractivity contribution in [1.29, 1.82) is 0 Å². The molecule has 1 aromatic carbocycles. The number of rotatable bonds is 9. The first-order valence-electron chi connectivity index (χ1n) is 10.4. The van der Waals surface area contributed by atoms with Crippen LogP contribution in [0, 0.1) is 0 Å². The van der Waals surface area contributed by atoms with Crippen molar-refractivity contribution in [3.05, 3.63) is 61.2 Å². The van der Waals surface area contributed by atoms with Gasteiger partial charge in [-0.25, -0.2) is 13.4 Å². The Bertz CT molecular complexity index is 1080. The summed E-state index contributed by atoms with van der Waals surface area (Å²) in [7, 11) is -1.87. The zero-order valence-corrected chi connectivity index (χ0v) is 18.3. The summed E-state index contributed by atoms with van der Waals surface area (Å²) < 4.78 is 35.4. The van der Waals surface area contributed by atoms with Gasteiger partial charge in [0.1, 0.15) is 5.75 Å². The lowest BCUT2D eigenvalue weighted by Crippen LogP contribution is -2.44. The highest BCUT2D eigenvalue weighted by atomic mass is 32.2. The van der Waals surface area contributed by atoms with Crippen molar-refractivity contribution in [1.82, 2.24) is 24.2 Å². The fraction of sp³-hybridized carbons (Fsp3) is 0.364. The van der Waals surface area contributed by atoms with Crippen molar-refractivity contribution >= 4 is 10.0 Å². The Hall–Kier alpha value is -2.75. The zero-order valence-electron chi connectivity index (χ0n) is 17.5. The highest BCUT2D eigenvalue weighted by Gasteiger charge is 2.29. The second-order valence-corrected chi connectivity index (χ2v) is 9.29. The lowest BCUT2D eigenvalue weighted by molar-refractivity contribution is 0.213. The number of likely N-dealkylation sites (tertiary alicyclic amines) is 1.